The summed E-state index contributed by atoms with van der Waals surface area (Å²) in [4.78, 5) is 15.2. The van der Waals surface area contributed by atoms with Gasteiger partial charge in [-0.25, -0.2) is 0 Å². The molecule has 1 aromatic heterocycles. The average Bonchev–Trinajstić information content (AvgIpc) is 3.19. The third-order valence-corrected chi connectivity index (χ3v) is 4.58. The second-order valence-electron chi connectivity index (χ2n) is 5.01. The van der Waals surface area contributed by atoms with Crippen molar-refractivity contribution in [2.45, 2.75) is 25.4 Å². The van der Waals surface area contributed by atoms with Gasteiger partial charge >= 0.3 is 0 Å². The smallest absolute Gasteiger partial charge is 0.264 e. The lowest BCUT2D eigenvalue weighted by molar-refractivity contribution is 0.0735. The van der Waals surface area contributed by atoms with Crippen molar-refractivity contribution in [1.29, 1.82) is 0 Å². The second kappa shape index (κ2) is 5.46. The fourth-order valence-electron chi connectivity index (χ4n) is 2.14. The molecule has 3 nitrogen and oxygen atoms in total. The number of carbonyl (C=O) groups is 1. The zero-order valence-electron chi connectivity index (χ0n) is 10.9. The SMILES string of the molecule is Nc1ccc(CN(C(=O)c2ccc(Cl)s2)C2CC2)cc1. The Labute approximate surface area is 127 Å². The molecule has 20 heavy (non-hydrogen) atoms. The highest BCUT2D eigenvalue weighted by Crippen LogP contribution is 2.32. The van der Waals surface area contributed by atoms with E-state index in [4.69, 9.17) is 17.3 Å². The highest BCUT2D eigenvalue weighted by molar-refractivity contribution is 7.17. The van der Waals surface area contributed by atoms with Gasteiger partial charge in [-0.1, -0.05) is 23.7 Å². The molecule has 0 radical (unpaired) electrons. The fraction of sp³-hybridized carbons (Fsp3) is 0.267. The Kier molecular flexibility index (Phi) is 3.68. The Morgan fingerprint density at radius 1 is 1.25 bits per heavy atom. The van der Waals surface area contributed by atoms with Gasteiger partial charge in [0.05, 0.1) is 9.21 Å². The zero-order chi connectivity index (χ0) is 14.1. The first-order valence-corrected chi connectivity index (χ1v) is 7.73. The molecule has 5 heteroatoms. The van der Waals surface area contributed by atoms with Crippen molar-refractivity contribution in [1.82, 2.24) is 4.90 Å². The van der Waals surface area contributed by atoms with Crippen LogP contribution in [-0.2, 0) is 6.54 Å². The van der Waals surface area contributed by atoms with Crippen LogP contribution in [0.3, 0.4) is 0 Å². The van der Waals surface area contributed by atoms with Crippen molar-refractivity contribution in [3.63, 3.8) is 0 Å². The molecule has 0 unspecified atom stereocenters. The molecule has 104 valence electrons. The van der Waals surface area contributed by atoms with E-state index in [-0.39, 0.29) is 5.91 Å². The van der Waals surface area contributed by atoms with Crippen LogP contribution >= 0.6 is 22.9 Å². The van der Waals surface area contributed by atoms with Gasteiger partial charge < -0.3 is 10.6 Å². The van der Waals surface area contributed by atoms with Crippen LogP contribution in [0.5, 0.6) is 0 Å². The van der Waals surface area contributed by atoms with E-state index in [1.54, 1.807) is 12.1 Å². The Balaban J connectivity index is 1.79. The minimum Gasteiger partial charge on any atom is -0.399 e. The van der Waals surface area contributed by atoms with Gasteiger partial charge in [-0.3, -0.25) is 4.79 Å². The number of carbonyl (C=O) groups excluding carboxylic acids is 1. The van der Waals surface area contributed by atoms with Gasteiger partial charge in [-0.2, -0.15) is 0 Å². The number of thiophene rings is 1. The monoisotopic (exact) mass is 306 g/mol. The van der Waals surface area contributed by atoms with E-state index < -0.39 is 0 Å². The van der Waals surface area contributed by atoms with Crippen molar-refractivity contribution in [3.05, 3.63) is 51.2 Å². The van der Waals surface area contributed by atoms with Gasteiger partial charge in [0.25, 0.3) is 5.91 Å². The number of rotatable bonds is 4. The van der Waals surface area contributed by atoms with Crippen LogP contribution in [0.2, 0.25) is 4.34 Å². The second-order valence-corrected chi connectivity index (χ2v) is 6.72. The van der Waals surface area contributed by atoms with Crippen LogP contribution in [0.15, 0.2) is 36.4 Å². The molecule has 1 aliphatic carbocycles. The largest absolute Gasteiger partial charge is 0.399 e. The summed E-state index contributed by atoms with van der Waals surface area (Å²) in [6, 6.07) is 11.6. The van der Waals surface area contributed by atoms with E-state index in [0.717, 1.165) is 24.1 Å². The van der Waals surface area contributed by atoms with E-state index in [9.17, 15) is 4.79 Å². The third-order valence-electron chi connectivity index (χ3n) is 3.37. The van der Waals surface area contributed by atoms with Gasteiger partial charge in [0.2, 0.25) is 0 Å². The predicted octanol–water partition coefficient (Wildman–Crippen LogP) is 3.79. The molecule has 1 saturated carbocycles. The number of nitrogens with two attached hydrogens (primary N) is 1. The lowest BCUT2D eigenvalue weighted by Gasteiger charge is -2.22. The minimum atomic E-state index is 0.0706. The topological polar surface area (TPSA) is 46.3 Å². The third kappa shape index (κ3) is 2.97. The molecule has 0 aliphatic heterocycles. The molecule has 2 aromatic rings. The molecule has 1 aromatic carbocycles. The molecule has 1 amide bonds. The first kappa shape index (κ1) is 13.5. The molecule has 2 N–H and O–H groups in total. The maximum Gasteiger partial charge on any atom is 0.264 e. The van der Waals surface area contributed by atoms with Crippen LogP contribution in [-0.4, -0.2) is 16.8 Å². The van der Waals surface area contributed by atoms with Gasteiger partial charge in [0.1, 0.15) is 0 Å². The maximum atomic E-state index is 12.6. The van der Waals surface area contributed by atoms with Crippen LogP contribution in [0.4, 0.5) is 5.69 Å². The van der Waals surface area contributed by atoms with Crippen molar-refractivity contribution in [3.8, 4) is 0 Å². The number of hydrogen-bond acceptors (Lipinski definition) is 3. The molecular weight excluding hydrogens is 292 g/mol. The maximum absolute atomic E-state index is 12.6. The van der Waals surface area contributed by atoms with E-state index in [2.05, 4.69) is 0 Å². The summed E-state index contributed by atoms with van der Waals surface area (Å²) < 4.78 is 0.650. The Bertz CT molecular complexity index is 619. The first-order chi connectivity index (χ1) is 9.63. The molecule has 3 rings (SSSR count). The number of hydrogen-bond donors (Lipinski definition) is 1. The van der Waals surface area contributed by atoms with E-state index in [0.29, 0.717) is 21.8 Å². The van der Waals surface area contributed by atoms with Crippen molar-refractivity contribution in [2.75, 3.05) is 5.73 Å². The van der Waals surface area contributed by atoms with Crippen LogP contribution in [0, 0.1) is 0 Å². The first-order valence-electron chi connectivity index (χ1n) is 6.54. The number of anilines is 1. The highest BCUT2D eigenvalue weighted by atomic mass is 35.5. The number of nitrogens with zero attached hydrogens (tertiary/aromatic N) is 1. The number of halogens is 1. The summed E-state index contributed by atoms with van der Waals surface area (Å²) >= 11 is 7.25. The summed E-state index contributed by atoms with van der Waals surface area (Å²) in [6.07, 6.45) is 2.17. The van der Waals surface area contributed by atoms with Gasteiger partial charge in [0.15, 0.2) is 0 Å². The normalized spacial score (nSPS) is 14.2. The fourth-order valence-corrected chi connectivity index (χ4v) is 3.14. The Morgan fingerprint density at radius 2 is 1.95 bits per heavy atom. The molecule has 1 heterocycles. The van der Waals surface area contributed by atoms with Crippen molar-refractivity contribution in [2.24, 2.45) is 0 Å². The predicted molar refractivity (Wildman–Crippen MR) is 83.1 cm³/mol. The molecule has 1 aliphatic rings. The van der Waals surface area contributed by atoms with Gasteiger partial charge in [0, 0.05) is 18.3 Å². The number of nitrogen functional groups attached to an aromatic ring is 1. The zero-order valence-corrected chi connectivity index (χ0v) is 12.5. The molecule has 1 fully saturated rings. The van der Waals surface area contributed by atoms with Gasteiger partial charge in [-0.15, -0.1) is 11.3 Å². The van der Waals surface area contributed by atoms with E-state index >= 15 is 0 Å². The summed E-state index contributed by atoms with van der Waals surface area (Å²) in [5.41, 5.74) is 7.53. The lowest BCUT2D eigenvalue weighted by Crippen LogP contribution is -2.32. The number of amides is 1. The molecule has 0 atom stereocenters. The summed E-state index contributed by atoms with van der Waals surface area (Å²) in [5, 5.41) is 0. The standard InChI is InChI=1S/C15H15ClN2OS/c16-14-8-7-13(20-14)15(19)18(12-5-6-12)9-10-1-3-11(17)4-2-10/h1-4,7-8,12H,5-6,9,17H2. The highest BCUT2D eigenvalue weighted by Gasteiger charge is 2.33. The molecule has 0 bridgehead atoms. The van der Waals surface area contributed by atoms with Crippen molar-refractivity contribution < 1.29 is 4.79 Å². The van der Waals surface area contributed by atoms with Gasteiger partial charge in [-0.05, 0) is 42.7 Å². The molecule has 0 saturated heterocycles. The van der Waals surface area contributed by atoms with E-state index in [1.165, 1.54) is 11.3 Å². The van der Waals surface area contributed by atoms with E-state index in [1.807, 2.05) is 29.2 Å². The Morgan fingerprint density at radius 3 is 2.50 bits per heavy atom. The molecular formula is C15H15ClN2OS. The van der Waals surface area contributed by atoms with Crippen LogP contribution < -0.4 is 5.73 Å². The van der Waals surface area contributed by atoms with Crippen molar-refractivity contribution >= 4 is 34.5 Å². The Hall–Kier alpha value is -1.52. The summed E-state index contributed by atoms with van der Waals surface area (Å²) in [7, 11) is 0. The van der Waals surface area contributed by atoms with Crippen LogP contribution in [0.1, 0.15) is 28.1 Å². The lowest BCUT2D eigenvalue weighted by atomic mass is 10.2. The van der Waals surface area contributed by atoms with Crippen LogP contribution in [0.25, 0.3) is 0 Å². The minimum absolute atomic E-state index is 0.0706. The number of benzene rings is 1. The average molecular weight is 307 g/mol. The molecule has 0 spiro atoms. The summed E-state index contributed by atoms with van der Waals surface area (Å²) in [5.74, 6) is 0.0706. The quantitative estimate of drug-likeness (QED) is 0.874. The summed E-state index contributed by atoms with van der Waals surface area (Å²) in [6.45, 7) is 0.624.